The van der Waals surface area contributed by atoms with E-state index >= 15 is 0 Å². The third-order valence-corrected chi connectivity index (χ3v) is 4.97. The number of hydrogen-bond acceptors (Lipinski definition) is 3. The molecule has 1 aliphatic heterocycles. The minimum absolute atomic E-state index is 0.166. The molecule has 0 fully saturated rings. The van der Waals surface area contributed by atoms with E-state index < -0.39 is 0 Å². The van der Waals surface area contributed by atoms with Crippen molar-refractivity contribution in [2.24, 2.45) is 0 Å². The van der Waals surface area contributed by atoms with E-state index in [0.717, 1.165) is 39.8 Å². The van der Waals surface area contributed by atoms with Crippen molar-refractivity contribution in [2.45, 2.75) is 19.8 Å². The van der Waals surface area contributed by atoms with E-state index in [1.165, 1.54) is 12.1 Å². The molecule has 0 saturated heterocycles. The van der Waals surface area contributed by atoms with Gasteiger partial charge in [-0.3, -0.25) is 4.79 Å². The van der Waals surface area contributed by atoms with Gasteiger partial charge in [0.15, 0.2) is 11.5 Å². The second-order valence-corrected chi connectivity index (χ2v) is 7.08. The zero-order chi connectivity index (χ0) is 20.2. The molecule has 5 nitrogen and oxygen atoms in total. The number of carbonyl (C=O) groups is 1. The van der Waals surface area contributed by atoms with Gasteiger partial charge in [-0.15, -0.1) is 0 Å². The number of fused-ring (bicyclic) bond motifs is 2. The highest BCUT2D eigenvalue weighted by Gasteiger charge is 2.12. The Balaban J connectivity index is 1.37. The third kappa shape index (κ3) is 4.42. The summed E-state index contributed by atoms with van der Waals surface area (Å²) in [5, 5.41) is 3.74. The molecular formula is C23H23FN2O3. The Labute approximate surface area is 168 Å². The van der Waals surface area contributed by atoms with E-state index in [9.17, 15) is 9.18 Å². The Bertz CT molecular complexity index is 1070. The molecule has 3 aromatic rings. The van der Waals surface area contributed by atoms with Crippen LogP contribution in [0.15, 0.2) is 48.7 Å². The van der Waals surface area contributed by atoms with Crippen LogP contribution in [0.5, 0.6) is 11.5 Å². The van der Waals surface area contributed by atoms with E-state index in [1.54, 1.807) is 12.1 Å². The number of aromatic nitrogens is 1. The first kappa shape index (κ1) is 19.1. The maximum Gasteiger partial charge on any atom is 0.244 e. The van der Waals surface area contributed by atoms with Crippen molar-refractivity contribution in [3.05, 3.63) is 65.6 Å². The zero-order valence-corrected chi connectivity index (χ0v) is 16.3. The van der Waals surface area contributed by atoms with Crippen molar-refractivity contribution in [1.82, 2.24) is 10.3 Å². The lowest BCUT2D eigenvalue weighted by Gasteiger charge is -2.10. The number of carbonyl (C=O) groups excluding carboxylic acids is 1. The molecule has 0 unspecified atom stereocenters. The molecule has 150 valence electrons. The number of aromatic amines is 1. The number of ether oxygens (including phenoxy) is 2. The summed E-state index contributed by atoms with van der Waals surface area (Å²) in [4.78, 5) is 15.4. The van der Waals surface area contributed by atoms with Crippen LogP contribution in [-0.2, 0) is 11.2 Å². The van der Waals surface area contributed by atoms with Crippen molar-refractivity contribution < 1.29 is 18.7 Å². The highest BCUT2D eigenvalue weighted by molar-refractivity contribution is 5.95. The van der Waals surface area contributed by atoms with Gasteiger partial charge in [0.2, 0.25) is 5.91 Å². The van der Waals surface area contributed by atoms with Crippen molar-refractivity contribution in [1.29, 1.82) is 0 Å². The first-order valence-corrected chi connectivity index (χ1v) is 9.72. The summed E-state index contributed by atoms with van der Waals surface area (Å²) in [7, 11) is 0. The number of allylic oxidation sites excluding steroid dienone is 1. The van der Waals surface area contributed by atoms with Crippen molar-refractivity contribution >= 4 is 22.4 Å². The van der Waals surface area contributed by atoms with Crippen LogP contribution >= 0.6 is 0 Å². The lowest BCUT2D eigenvalue weighted by molar-refractivity contribution is -0.116. The predicted molar refractivity (Wildman–Crippen MR) is 111 cm³/mol. The molecule has 0 atom stereocenters. The number of halogens is 1. The summed E-state index contributed by atoms with van der Waals surface area (Å²) in [6, 6.07) is 10.4. The average Bonchev–Trinajstić information content (AvgIpc) is 2.95. The Morgan fingerprint density at radius 2 is 2.00 bits per heavy atom. The zero-order valence-electron chi connectivity index (χ0n) is 16.3. The number of amides is 1. The normalized spacial score (nSPS) is 13.9. The molecule has 6 heteroatoms. The number of rotatable bonds is 5. The van der Waals surface area contributed by atoms with Crippen LogP contribution in [0, 0.1) is 5.82 Å². The third-order valence-electron chi connectivity index (χ3n) is 4.97. The first-order chi connectivity index (χ1) is 14.1. The van der Waals surface area contributed by atoms with Gasteiger partial charge >= 0.3 is 0 Å². The van der Waals surface area contributed by atoms with Crippen LogP contribution in [-0.4, -0.2) is 30.6 Å². The molecule has 0 radical (unpaired) electrons. The fourth-order valence-corrected chi connectivity index (χ4v) is 3.42. The summed E-state index contributed by atoms with van der Waals surface area (Å²) >= 11 is 0. The van der Waals surface area contributed by atoms with Gasteiger partial charge in [0, 0.05) is 36.1 Å². The minimum Gasteiger partial charge on any atom is -0.490 e. The molecule has 4 rings (SSSR count). The van der Waals surface area contributed by atoms with Crippen molar-refractivity contribution in [3.63, 3.8) is 0 Å². The van der Waals surface area contributed by atoms with Crippen LogP contribution in [0.1, 0.15) is 24.5 Å². The molecule has 1 aromatic heterocycles. The number of nitrogens with one attached hydrogen (secondary N) is 2. The van der Waals surface area contributed by atoms with Crippen molar-refractivity contribution in [3.8, 4) is 11.5 Å². The maximum absolute atomic E-state index is 13.5. The number of H-pyrrole nitrogens is 1. The van der Waals surface area contributed by atoms with E-state index in [2.05, 4.69) is 10.3 Å². The monoisotopic (exact) mass is 394 g/mol. The van der Waals surface area contributed by atoms with Gasteiger partial charge in [-0.2, -0.15) is 0 Å². The molecule has 0 spiro atoms. The van der Waals surface area contributed by atoms with Crippen LogP contribution in [0.25, 0.3) is 16.5 Å². The van der Waals surface area contributed by atoms with Crippen LogP contribution in [0.4, 0.5) is 4.39 Å². The van der Waals surface area contributed by atoms with Gasteiger partial charge in [-0.25, -0.2) is 4.39 Å². The maximum atomic E-state index is 13.5. The van der Waals surface area contributed by atoms with E-state index in [1.807, 2.05) is 31.3 Å². The Morgan fingerprint density at radius 3 is 2.86 bits per heavy atom. The Hall–Kier alpha value is -3.28. The lowest BCUT2D eigenvalue weighted by atomic mass is 10.1. The van der Waals surface area contributed by atoms with E-state index in [0.29, 0.717) is 31.9 Å². The molecule has 2 N–H and O–H groups in total. The molecule has 1 amide bonds. The lowest BCUT2D eigenvalue weighted by Crippen LogP contribution is -2.23. The van der Waals surface area contributed by atoms with Gasteiger partial charge in [-0.1, -0.05) is 6.07 Å². The Morgan fingerprint density at radius 1 is 1.17 bits per heavy atom. The second kappa shape index (κ2) is 8.39. The summed E-state index contributed by atoms with van der Waals surface area (Å²) in [5.41, 5.74) is 3.62. The largest absolute Gasteiger partial charge is 0.490 e. The molecular weight excluding hydrogens is 371 g/mol. The predicted octanol–water partition coefficient (Wildman–Crippen LogP) is 4.23. The van der Waals surface area contributed by atoms with Crippen LogP contribution in [0.3, 0.4) is 0 Å². The van der Waals surface area contributed by atoms with Gasteiger partial charge in [0.1, 0.15) is 5.82 Å². The standard InChI is InChI=1S/C23H23FN2O3/c1-15(16-3-6-21-22(12-16)29-10-2-9-28-21)11-23(27)25-8-7-17-14-26-20-5-4-18(24)13-19(17)20/h3-6,11-14,26H,2,7-10H2,1H3,(H,25,27). The smallest absolute Gasteiger partial charge is 0.244 e. The second-order valence-electron chi connectivity index (χ2n) is 7.08. The summed E-state index contributed by atoms with van der Waals surface area (Å²) < 4.78 is 24.8. The highest BCUT2D eigenvalue weighted by Crippen LogP contribution is 2.32. The van der Waals surface area contributed by atoms with E-state index in [4.69, 9.17) is 9.47 Å². The molecule has 29 heavy (non-hydrogen) atoms. The quantitative estimate of drug-likeness (QED) is 0.637. The van der Waals surface area contributed by atoms with Gasteiger partial charge in [0.25, 0.3) is 0 Å². The highest BCUT2D eigenvalue weighted by atomic mass is 19.1. The summed E-state index contributed by atoms with van der Waals surface area (Å²) in [6.45, 7) is 3.62. The number of hydrogen-bond donors (Lipinski definition) is 2. The number of benzene rings is 2. The van der Waals surface area contributed by atoms with Gasteiger partial charge in [-0.05, 0) is 60.4 Å². The topological polar surface area (TPSA) is 63.4 Å². The molecule has 2 heterocycles. The SMILES string of the molecule is CC(=CC(=O)NCCc1c[nH]c2ccc(F)cc12)c1ccc2c(c1)OCCCO2. The molecule has 1 aliphatic rings. The molecule has 0 aliphatic carbocycles. The fraction of sp³-hybridized carbons (Fsp3) is 0.261. The molecule has 2 aromatic carbocycles. The van der Waals surface area contributed by atoms with Crippen molar-refractivity contribution in [2.75, 3.05) is 19.8 Å². The summed E-state index contributed by atoms with van der Waals surface area (Å²) in [5.74, 6) is 1.01. The Kier molecular flexibility index (Phi) is 5.51. The van der Waals surface area contributed by atoms with Crippen LogP contribution in [0.2, 0.25) is 0 Å². The van der Waals surface area contributed by atoms with Gasteiger partial charge in [0.05, 0.1) is 13.2 Å². The van der Waals surface area contributed by atoms with Crippen LogP contribution < -0.4 is 14.8 Å². The van der Waals surface area contributed by atoms with Gasteiger partial charge < -0.3 is 19.8 Å². The first-order valence-electron chi connectivity index (χ1n) is 9.72. The summed E-state index contributed by atoms with van der Waals surface area (Å²) in [6.07, 6.45) is 4.90. The minimum atomic E-state index is -0.268. The van der Waals surface area contributed by atoms with E-state index in [-0.39, 0.29) is 11.7 Å². The molecule has 0 bridgehead atoms. The fourth-order valence-electron chi connectivity index (χ4n) is 3.42. The average molecular weight is 394 g/mol. The molecule has 0 saturated carbocycles.